The summed E-state index contributed by atoms with van der Waals surface area (Å²) in [6.45, 7) is 1.58. The van der Waals surface area contributed by atoms with Crippen LogP contribution in [0.1, 0.15) is 18.9 Å². The number of sulfone groups is 1. The van der Waals surface area contributed by atoms with E-state index in [-0.39, 0.29) is 27.6 Å². The minimum Gasteiger partial charge on any atom is -0.340 e. The van der Waals surface area contributed by atoms with Gasteiger partial charge in [-0.15, -0.1) is 0 Å². The van der Waals surface area contributed by atoms with Crippen molar-refractivity contribution in [1.29, 1.82) is 0 Å². The number of carbonyl (C=O) groups excluding carboxylic acids is 2. The van der Waals surface area contributed by atoms with Crippen molar-refractivity contribution in [2.75, 3.05) is 18.6 Å². The summed E-state index contributed by atoms with van der Waals surface area (Å²) in [6.07, 6.45) is 1.99. The average Bonchev–Trinajstić information content (AvgIpc) is 3.14. The minimum atomic E-state index is -3.13. The lowest BCUT2D eigenvalue weighted by atomic mass is 10.1. The first-order chi connectivity index (χ1) is 13.1. The van der Waals surface area contributed by atoms with Gasteiger partial charge in [-0.3, -0.25) is 14.5 Å². The molecular weight excluding hydrogens is 423 g/mol. The van der Waals surface area contributed by atoms with Crippen LogP contribution in [0.2, 0.25) is 0 Å². The van der Waals surface area contributed by atoms with Gasteiger partial charge >= 0.3 is 0 Å². The molecule has 28 heavy (non-hydrogen) atoms. The number of amides is 2. The lowest BCUT2D eigenvalue weighted by Crippen LogP contribution is -2.50. The highest BCUT2D eigenvalue weighted by Gasteiger charge is 2.41. The molecule has 6 nitrogen and oxygen atoms in total. The van der Waals surface area contributed by atoms with Crippen LogP contribution in [0.25, 0.3) is 6.08 Å². The molecule has 2 atom stereocenters. The lowest BCUT2D eigenvalue weighted by molar-refractivity contribution is -0.139. The number of benzene rings is 1. The van der Waals surface area contributed by atoms with E-state index in [0.717, 1.165) is 11.8 Å². The Hall–Kier alpha value is -1.78. The number of nitrogens with zero attached hydrogens (tertiary/aromatic N) is 2. The van der Waals surface area contributed by atoms with Gasteiger partial charge in [0.15, 0.2) is 9.84 Å². The van der Waals surface area contributed by atoms with Crippen LogP contribution >= 0.6 is 24.0 Å². The first kappa shape index (κ1) is 20.9. The Labute approximate surface area is 172 Å². The lowest BCUT2D eigenvalue weighted by Gasteiger charge is -2.30. The van der Waals surface area contributed by atoms with Crippen molar-refractivity contribution in [3.63, 3.8) is 0 Å². The second-order valence-electron chi connectivity index (χ2n) is 6.79. The fourth-order valence-corrected chi connectivity index (χ4v) is 6.38. The maximum atomic E-state index is 13.0. The molecular formula is C18H19FN2O4S3. The molecule has 0 saturated carbocycles. The molecule has 1 aromatic rings. The van der Waals surface area contributed by atoms with Crippen molar-refractivity contribution in [2.45, 2.75) is 25.4 Å². The van der Waals surface area contributed by atoms with Crippen LogP contribution in [-0.4, -0.2) is 65.0 Å². The summed E-state index contributed by atoms with van der Waals surface area (Å²) in [5.74, 6) is -1.13. The first-order valence-corrected chi connectivity index (χ1v) is 11.6. The van der Waals surface area contributed by atoms with E-state index in [0.29, 0.717) is 16.9 Å². The summed E-state index contributed by atoms with van der Waals surface area (Å²) in [7, 11) is -1.57. The normalized spacial score (nSPS) is 24.0. The number of likely N-dealkylation sites (N-methyl/N-ethyl adjacent to an activating group) is 1. The number of hydrogen-bond donors (Lipinski definition) is 0. The molecule has 0 aromatic heterocycles. The predicted octanol–water partition coefficient (Wildman–Crippen LogP) is 2.06. The molecule has 1 aromatic carbocycles. The summed E-state index contributed by atoms with van der Waals surface area (Å²) in [5, 5.41) is 0. The Bertz CT molecular complexity index is 960. The Morgan fingerprint density at radius 1 is 1.39 bits per heavy atom. The number of hydrogen-bond acceptors (Lipinski definition) is 6. The number of rotatable bonds is 4. The van der Waals surface area contributed by atoms with E-state index in [9.17, 15) is 22.4 Å². The van der Waals surface area contributed by atoms with Gasteiger partial charge in [-0.05, 0) is 37.1 Å². The van der Waals surface area contributed by atoms with E-state index in [1.807, 2.05) is 0 Å². The molecule has 2 amide bonds. The zero-order chi connectivity index (χ0) is 20.6. The molecule has 2 aliphatic heterocycles. The zero-order valence-electron chi connectivity index (χ0n) is 15.3. The minimum absolute atomic E-state index is 0.0606. The zero-order valence-corrected chi connectivity index (χ0v) is 17.7. The third-order valence-electron chi connectivity index (χ3n) is 4.84. The Morgan fingerprint density at radius 2 is 2.04 bits per heavy atom. The molecule has 3 rings (SSSR count). The summed E-state index contributed by atoms with van der Waals surface area (Å²) >= 11 is 6.36. The molecule has 0 spiro atoms. The molecule has 0 N–H and O–H groups in total. The molecule has 150 valence electrons. The second-order valence-corrected chi connectivity index (χ2v) is 10.7. The summed E-state index contributed by atoms with van der Waals surface area (Å²) in [4.78, 5) is 28.6. The van der Waals surface area contributed by atoms with E-state index in [1.54, 1.807) is 32.2 Å². The third-order valence-corrected chi connectivity index (χ3v) is 7.92. The molecule has 0 radical (unpaired) electrons. The van der Waals surface area contributed by atoms with Gasteiger partial charge < -0.3 is 4.90 Å². The summed E-state index contributed by atoms with van der Waals surface area (Å²) in [6, 6.07) is 4.44. The predicted molar refractivity (Wildman–Crippen MR) is 111 cm³/mol. The van der Waals surface area contributed by atoms with Crippen LogP contribution in [0.5, 0.6) is 0 Å². The number of halogens is 1. The highest BCUT2D eigenvalue weighted by atomic mass is 32.2. The van der Waals surface area contributed by atoms with Crippen LogP contribution in [0.4, 0.5) is 4.39 Å². The van der Waals surface area contributed by atoms with Crippen molar-refractivity contribution >= 4 is 56.0 Å². The van der Waals surface area contributed by atoms with Crippen molar-refractivity contribution in [3.8, 4) is 0 Å². The smallest absolute Gasteiger partial charge is 0.266 e. The molecule has 2 fully saturated rings. The van der Waals surface area contributed by atoms with Crippen molar-refractivity contribution < 1.29 is 22.4 Å². The van der Waals surface area contributed by atoms with Gasteiger partial charge in [0.2, 0.25) is 5.91 Å². The van der Waals surface area contributed by atoms with Gasteiger partial charge in [-0.2, -0.15) is 0 Å². The van der Waals surface area contributed by atoms with Crippen molar-refractivity contribution in [3.05, 3.63) is 40.6 Å². The quantitative estimate of drug-likeness (QED) is 0.525. The van der Waals surface area contributed by atoms with Crippen LogP contribution in [-0.2, 0) is 19.4 Å². The van der Waals surface area contributed by atoms with Gasteiger partial charge in [-0.25, -0.2) is 12.8 Å². The molecule has 0 aliphatic carbocycles. The molecule has 2 heterocycles. The van der Waals surface area contributed by atoms with E-state index >= 15 is 0 Å². The van der Waals surface area contributed by atoms with Gasteiger partial charge in [-0.1, -0.05) is 36.1 Å². The van der Waals surface area contributed by atoms with Crippen LogP contribution in [0.3, 0.4) is 0 Å². The number of carbonyl (C=O) groups is 2. The third kappa shape index (κ3) is 4.28. The second kappa shape index (κ2) is 7.92. The van der Waals surface area contributed by atoms with Crippen LogP contribution < -0.4 is 0 Å². The SMILES string of the molecule is C[C@H](C(=O)N(C)[C@H]1CCS(=O)(=O)C1)N1C(=O)/C(=C/c2ccc(F)cc2)SC1=S. The van der Waals surface area contributed by atoms with Gasteiger partial charge in [0.1, 0.15) is 16.2 Å². The van der Waals surface area contributed by atoms with E-state index in [2.05, 4.69) is 0 Å². The van der Waals surface area contributed by atoms with Gasteiger partial charge in [0.05, 0.1) is 16.4 Å². The van der Waals surface area contributed by atoms with Gasteiger partial charge in [0.25, 0.3) is 5.91 Å². The highest BCUT2D eigenvalue weighted by molar-refractivity contribution is 8.26. The highest BCUT2D eigenvalue weighted by Crippen LogP contribution is 2.34. The van der Waals surface area contributed by atoms with E-state index < -0.39 is 27.8 Å². The number of thioether (sulfide) groups is 1. The Kier molecular flexibility index (Phi) is 5.92. The van der Waals surface area contributed by atoms with E-state index in [1.165, 1.54) is 21.9 Å². The average molecular weight is 443 g/mol. The van der Waals surface area contributed by atoms with E-state index in [4.69, 9.17) is 12.2 Å². The fraction of sp³-hybridized carbons (Fsp3) is 0.389. The monoisotopic (exact) mass is 442 g/mol. The van der Waals surface area contributed by atoms with Crippen LogP contribution in [0, 0.1) is 5.82 Å². The van der Waals surface area contributed by atoms with Gasteiger partial charge in [0, 0.05) is 13.1 Å². The summed E-state index contributed by atoms with van der Waals surface area (Å²) < 4.78 is 36.7. The maximum Gasteiger partial charge on any atom is 0.266 e. The standard InChI is InChI=1S/C18H19FN2O4S3/c1-11(16(22)20(2)14-7-8-28(24,25)10-14)21-17(23)15(27-18(21)26)9-12-3-5-13(19)6-4-12/h3-6,9,11,14H,7-8,10H2,1-2H3/b15-9-/t11-,14+/m1/s1. The van der Waals surface area contributed by atoms with Crippen molar-refractivity contribution in [2.24, 2.45) is 0 Å². The first-order valence-electron chi connectivity index (χ1n) is 8.59. The molecule has 0 unspecified atom stereocenters. The van der Waals surface area contributed by atoms with Crippen molar-refractivity contribution in [1.82, 2.24) is 9.80 Å². The van der Waals surface area contributed by atoms with Crippen LogP contribution in [0.15, 0.2) is 29.2 Å². The largest absolute Gasteiger partial charge is 0.340 e. The maximum absolute atomic E-state index is 13.0. The molecule has 2 aliphatic rings. The molecule has 2 saturated heterocycles. The Morgan fingerprint density at radius 3 is 2.61 bits per heavy atom. The fourth-order valence-electron chi connectivity index (χ4n) is 3.19. The number of thiocarbonyl (C=S) groups is 1. The molecule has 10 heteroatoms. The Balaban J connectivity index is 1.75. The molecule has 0 bridgehead atoms. The topological polar surface area (TPSA) is 74.8 Å². The summed E-state index contributed by atoms with van der Waals surface area (Å²) in [5.41, 5.74) is 0.647.